The number of benzene rings is 1. The minimum Gasteiger partial charge on any atom is -0.481 e. The van der Waals surface area contributed by atoms with E-state index in [-0.39, 0.29) is 12.8 Å². The average molecular weight is 408 g/mol. The lowest BCUT2D eigenvalue weighted by Gasteiger charge is -2.21. The highest BCUT2D eigenvalue weighted by molar-refractivity contribution is 5.76. The molecule has 0 aliphatic carbocycles. The van der Waals surface area contributed by atoms with Crippen LogP contribution in [-0.4, -0.2) is 36.8 Å². The molecule has 3 aromatic rings. The molecule has 1 atom stereocenters. The number of rotatable bonds is 7. The third kappa shape index (κ3) is 4.71. The summed E-state index contributed by atoms with van der Waals surface area (Å²) in [5, 5.41) is 13.5. The second kappa shape index (κ2) is 8.86. The lowest BCUT2D eigenvalue weighted by Crippen LogP contribution is -2.20. The van der Waals surface area contributed by atoms with Crippen LogP contribution in [0.15, 0.2) is 36.4 Å². The first-order chi connectivity index (χ1) is 14.3. The van der Waals surface area contributed by atoms with Gasteiger partial charge in [0.2, 0.25) is 0 Å². The van der Waals surface area contributed by atoms with Gasteiger partial charge in [0.05, 0.1) is 47.0 Å². The topological polar surface area (TPSA) is 107 Å². The Bertz CT molecular complexity index is 1080. The number of carboxylic acid groups (broad SMARTS) is 1. The highest BCUT2D eigenvalue weighted by atomic mass is 16.5. The van der Waals surface area contributed by atoms with Crippen molar-refractivity contribution in [1.82, 2.24) is 19.7 Å². The van der Waals surface area contributed by atoms with Crippen LogP contribution in [0, 0.1) is 27.7 Å². The number of carbonyl (C=O) groups excluding carboxylic acids is 1. The van der Waals surface area contributed by atoms with Gasteiger partial charge in [0.25, 0.3) is 0 Å². The fourth-order valence-electron chi connectivity index (χ4n) is 3.12. The van der Waals surface area contributed by atoms with Crippen molar-refractivity contribution in [3.05, 3.63) is 70.6 Å². The van der Waals surface area contributed by atoms with Gasteiger partial charge in [0, 0.05) is 0 Å². The molecule has 0 saturated carbocycles. The predicted molar refractivity (Wildman–Crippen MR) is 109 cm³/mol. The molecule has 0 spiro atoms. The molecule has 2 aromatic heterocycles. The Morgan fingerprint density at radius 3 is 2.33 bits per heavy atom. The molecule has 8 nitrogen and oxygen atoms in total. The molecule has 1 N–H and O–H groups in total. The Balaban J connectivity index is 2.10. The summed E-state index contributed by atoms with van der Waals surface area (Å²) in [5.74, 6) is -1.68. The third-order valence-electron chi connectivity index (χ3n) is 4.69. The molecule has 0 radical (unpaired) electrons. The van der Waals surface area contributed by atoms with E-state index >= 15 is 0 Å². The lowest BCUT2D eigenvalue weighted by molar-refractivity contribution is -0.151. The summed E-state index contributed by atoms with van der Waals surface area (Å²) < 4.78 is 7.47. The molecule has 0 amide bonds. The smallest absolute Gasteiger partial charge is 0.307 e. The quantitative estimate of drug-likeness (QED) is 0.597. The van der Waals surface area contributed by atoms with E-state index in [9.17, 15) is 9.59 Å². The van der Waals surface area contributed by atoms with Crippen LogP contribution in [0.5, 0.6) is 0 Å². The average Bonchev–Trinajstić information content (AvgIpc) is 3.09. The van der Waals surface area contributed by atoms with Crippen LogP contribution >= 0.6 is 0 Å². The van der Waals surface area contributed by atoms with E-state index in [1.807, 2.05) is 64.1 Å². The summed E-state index contributed by atoms with van der Waals surface area (Å²) in [4.78, 5) is 32.5. The molecule has 3 rings (SSSR count). The Kier molecular flexibility index (Phi) is 6.25. The van der Waals surface area contributed by atoms with Crippen LogP contribution in [0.2, 0.25) is 0 Å². The van der Waals surface area contributed by atoms with E-state index in [2.05, 4.69) is 15.1 Å². The van der Waals surface area contributed by atoms with E-state index < -0.39 is 18.0 Å². The monoisotopic (exact) mass is 408 g/mol. The fraction of sp³-hybridized carbons (Fsp3) is 0.318. The van der Waals surface area contributed by atoms with Gasteiger partial charge in [0.1, 0.15) is 5.69 Å². The molecule has 0 bridgehead atoms. The molecule has 0 aliphatic heterocycles. The maximum Gasteiger partial charge on any atom is 0.307 e. The first-order valence-corrected chi connectivity index (χ1v) is 9.61. The molecular formula is C22H24N4O4. The van der Waals surface area contributed by atoms with Gasteiger partial charge in [-0.25, -0.2) is 9.67 Å². The molecule has 2 heterocycles. The summed E-state index contributed by atoms with van der Waals surface area (Å²) >= 11 is 0. The molecule has 8 heteroatoms. The minimum absolute atomic E-state index is 0.235. The van der Waals surface area contributed by atoms with Gasteiger partial charge in [-0.05, 0) is 45.9 Å². The number of aryl methyl sites for hydroxylation is 4. The standard InChI is InChI=1S/C22H24N4O4/c1-13-12-18(26(25-13)17-8-6-5-7-9-17)22(30-20(29)11-10-19(27)28)21-16(4)23-14(2)15(3)24-21/h5-9,12,22H,10-11H2,1-4H3,(H,27,28). The van der Waals surface area contributed by atoms with E-state index in [1.165, 1.54) is 0 Å². The molecule has 0 aliphatic rings. The van der Waals surface area contributed by atoms with Crippen molar-refractivity contribution in [2.75, 3.05) is 0 Å². The zero-order valence-electron chi connectivity index (χ0n) is 17.4. The first kappa shape index (κ1) is 21.2. The molecular weight excluding hydrogens is 384 g/mol. The van der Waals surface area contributed by atoms with Gasteiger partial charge in [-0.2, -0.15) is 5.10 Å². The summed E-state index contributed by atoms with van der Waals surface area (Å²) in [6.45, 7) is 7.37. The number of esters is 1. The van der Waals surface area contributed by atoms with Gasteiger partial charge < -0.3 is 9.84 Å². The number of carbonyl (C=O) groups is 2. The predicted octanol–water partition coefficient (Wildman–Crippen LogP) is 3.39. The Morgan fingerprint density at radius 1 is 1.00 bits per heavy atom. The summed E-state index contributed by atoms with van der Waals surface area (Å²) in [7, 11) is 0. The second-order valence-electron chi connectivity index (χ2n) is 7.09. The van der Waals surface area contributed by atoms with Gasteiger partial charge >= 0.3 is 11.9 Å². The van der Waals surface area contributed by atoms with Crippen LogP contribution in [0.25, 0.3) is 5.69 Å². The summed E-state index contributed by atoms with van der Waals surface area (Å²) in [6.07, 6.45) is -1.42. The molecule has 156 valence electrons. The van der Waals surface area contributed by atoms with Crippen LogP contribution in [0.4, 0.5) is 0 Å². The molecule has 30 heavy (non-hydrogen) atoms. The Labute approximate surface area is 174 Å². The molecule has 1 unspecified atom stereocenters. The number of hydrogen-bond donors (Lipinski definition) is 1. The SMILES string of the molecule is Cc1cc(C(OC(=O)CCC(=O)O)c2nc(C)c(C)nc2C)n(-c2ccccc2)n1. The molecule has 0 saturated heterocycles. The van der Waals surface area contributed by atoms with Gasteiger partial charge in [-0.15, -0.1) is 0 Å². The maximum absolute atomic E-state index is 12.5. The maximum atomic E-state index is 12.5. The van der Waals surface area contributed by atoms with Crippen molar-refractivity contribution < 1.29 is 19.4 Å². The van der Waals surface area contributed by atoms with Crippen LogP contribution in [0.3, 0.4) is 0 Å². The number of aliphatic carboxylic acids is 1. The normalized spacial score (nSPS) is 11.9. The molecule has 0 fully saturated rings. The van der Waals surface area contributed by atoms with Crippen molar-refractivity contribution in [3.8, 4) is 5.69 Å². The largest absolute Gasteiger partial charge is 0.481 e. The van der Waals surface area contributed by atoms with Crippen molar-refractivity contribution in [3.63, 3.8) is 0 Å². The highest BCUT2D eigenvalue weighted by Gasteiger charge is 2.28. The van der Waals surface area contributed by atoms with Gasteiger partial charge in [-0.3, -0.25) is 14.6 Å². The van der Waals surface area contributed by atoms with E-state index in [1.54, 1.807) is 4.68 Å². The van der Waals surface area contributed by atoms with Crippen LogP contribution < -0.4 is 0 Å². The number of nitrogens with zero attached hydrogens (tertiary/aromatic N) is 4. The van der Waals surface area contributed by atoms with E-state index in [4.69, 9.17) is 9.84 Å². The third-order valence-corrected chi connectivity index (χ3v) is 4.69. The summed E-state index contributed by atoms with van der Waals surface area (Å²) in [5.41, 5.74) is 4.82. The zero-order chi connectivity index (χ0) is 21.8. The van der Waals surface area contributed by atoms with E-state index in [0.717, 1.165) is 22.8 Å². The van der Waals surface area contributed by atoms with Crippen LogP contribution in [0.1, 0.15) is 53.1 Å². The number of hydrogen-bond acceptors (Lipinski definition) is 6. The second-order valence-corrected chi connectivity index (χ2v) is 7.09. The van der Waals surface area contributed by atoms with Gasteiger partial charge in [0.15, 0.2) is 6.10 Å². The number of ether oxygens (including phenoxy) is 1. The highest BCUT2D eigenvalue weighted by Crippen LogP contribution is 2.30. The zero-order valence-corrected chi connectivity index (χ0v) is 17.4. The number of aromatic nitrogens is 4. The van der Waals surface area contributed by atoms with Crippen molar-refractivity contribution in [2.45, 2.75) is 46.6 Å². The van der Waals surface area contributed by atoms with Crippen LogP contribution in [-0.2, 0) is 14.3 Å². The van der Waals surface area contributed by atoms with Crippen molar-refractivity contribution >= 4 is 11.9 Å². The molecule has 1 aromatic carbocycles. The number of para-hydroxylation sites is 1. The lowest BCUT2D eigenvalue weighted by atomic mass is 10.1. The van der Waals surface area contributed by atoms with Gasteiger partial charge in [-0.1, -0.05) is 18.2 Å². The van der Waals surface area contributed by atoms with Crippen molar-refractivity contribution in [2.24, 2.45) is 0 Å². The minimum atomic E-state index is -1.06. The summed E-state index contributed by atoms with van der Waals surface area (Å²) in [6, 6.07) is 11.3. The van der Waals surface area contributed by atoms with Crippen molar-refractivity contribution in [1.29, 1.82) is 0 Å². The Hall–Kier alpha value is -3.55. The van der Waals surface area contributed by atoms with E-state index in [0.29, 0.717) is 17.1 Å². The number of carboxylic acids is 1. The first-order valence-electron chi connectivity index (χ1n) is 9.61. The fourth-order valence-corrected chi connectivity index (χ4v) is 3.12. The Morgan fingerprint density at radius 2 is 1.67 bits per heavy atom.